The smallest absolute Gasteiger partial charge is 0.190 e. The van der Waals surface area contributed by atoms with Crippen LogP contribution in [0.3, 0.4) is 0 Å². The molecule has 1 rings (SSSR count). The zero-order chi connectivity index (χ0) is 8.27. The third-order valence-electron chi connectivity index (χ3n) is 1.27. The molecule has 0 N–H and O–H groups in total. The van der Waals surface area contributed by atoms with Crippen molar-refractivity contribution in [3.8, 4) is 0 Å². The van der Waals surface area contributed by atoms with E-state index in [0.29, 0.717) is 6.42 Å². The summed E-state index contributed by atoms with van der Waals surface area (Å²) < 4.78 is 1.18. The Morgan fingerprint density at radius 1 is 1.36 bits per heavy atom. The molecule has 0 bridgehead atoms. The summed E-state index contributed by atoms with van der Waals surface area (Å²) in [5.41, 5.74) is 1.02. The molecule has 0 aliphatic rings. The second-order valence-corrected chi connectivity index (χ2v) is 3.94. The van der Waals surface area contributed by atoms with Crippen molar-refractivity contribution in [1.29, 1.82) is 0 Å². The van der Waals surface area contributed by atoms with Crippen LogP contribution in [0.5, 0.6) is 0 Å². The van der Waals surface area contributed by atoms with Gasteiger partial charge in [-0.05, 0) is 40.3 Å². The number of hydrogen-bond donors (Lipinski definition) is 1. The van der Waals surface area contributed by atoms with Crippen LogP contribution < -0.4 is 0 Å². The fourth-order valence-electron chi connectivity index (χ4n) is 0.777. The molecule has 0 atom stereocenters. The standard InChI is InChI=1S/C8H7IOS/c9-7-3-1-6(2-4-7)5-8(10)11/h1-4H,5H2,(H,10,11). The van der Waals surface area contributed by atoms with Gasteiger partial charge in [-0.25, -0.2) is 0 Å². The maximum Gasteiger partial charge on any atom is 0.190 e. The fraction of sp³-hybridized carbons (Fsp3) is 0.125. The number of thiol groups is 1. The lowest BCUT2D eigenvalue weighted by Crippen LogP contribution is -1.92. The first kappa shape index (κ1) is 9.06. The normalized spacial score (nSPS) is 9.64. The number of halogens is 1. The number of carbonyl (C=O) groups excluding carboxylic acids is 1. The average molecular weight is 278 g/mol. The van der Waals surface area contributed by atoms with Crippen LogP contribution in [-0.2, 0) is 11.2 Å². The zero-order valence-electron chi connectivity index (χ0n) is 5.75. The van der Waals surface area contributed by atoms with Gasteiger partial charge in [0, 0.05) is 9.99 Å². The van der Waals surface area contributed by atoms with Crippen molar-refractivity contribution < 1.29 is 4.79 Å². The van der Waals surface area contributed by atoms with Gasteiger partial charge < -0.3 is 0 Å². The van der Waals surface area contributed by atoms with Crippen molar-refractivity contribution in [2.45, 2.75) is 6.42 Å². The van der Waals surface area contributed by atoms with Gasteiger partial charge in [-0.2, -0.15) is 0 Å². The van der Waals surface area contributed by atoms with E-state index in [-0.39, 0.29) is 5.12 Å². The highest BCUT2D eigenvalue weighted by Crippen LogP contribution is 2.07. The van der Waals surface area contributed by atoms with Gasteiger partial charge in [-0.3, -0.25) is 4.79 Å². The summed E-state index contributed by atoms with van der Waals surface area (Å²) in [5.74, 6) is 0. The van der Waals surface area contributed by atoms with Crippen LogP contribution in [0.4, 0.5) is 0 Å². The summed E-state index contributed by atoms with van der Waals surface area (Å²) in [6.07, 6.45) is 0.417. The van der Waals surface area contributed by atoms with Gasteiger partial charge in [0.2, 0.25) is 0 Å². The Balaban J connectivity index is 2.74. The van der Waals surface area contributed by atoms with Crippen molar-refractivity contribution in [1.82, 2.24) is 0 Å². The Labute approximate surface area is 84.7 Å². The van der Waals surface area contributed by atoms with Crippen LogP contribution in [0.15, 0.2) is 24.3 Å². The molecule has 0 spiro atoms. The monoisotopic (exact) mass is 278 g/mol. The third kappa shape index (κ3) is 3.25. The quantitative estimate of drug-likeness (QED) is 0.649. The van der Waals surface area contributed by atoms with E-state index in [1.165, 1.54) is 3.57 Å². The van der Waals surface area contributed by atoms with Crippen molar-refractivity contribution in [2.24, 2.45) is 0 Å². The summed E-state index contributed by atoms with van der Waals surface area (Å²) in [6, 6.07) is 7.84. The van der Waals surface area contributed by atoms with E-state index < -0.39 is 0 Å². The second-order valence-electron chi connectivity index (χ2n) is 2.20. The highest BCUT2D eigenvalue weighted by molar-refractivity contribution is 14.1. The number of carbonyl (C=O) groups is 1. The van der Waals surface area contributed by atoms with Gasteiger partial charge in [0.1, 0.15) is 0 Å². The molecule has 1 aromatic carbocycles. The molecular formula is C8H7IOS. The Morgan fingerprint density at radius 2 is 1.91 bits per heavy atom. The Hall–Kier alpha value is -0.0300. The minimum absolute atomic E-state index is 0.0915. The topological polar surface area (TPSA) is 17.1 Å². The van der Waals surface area contributed by atoms with E-state index >= 15 is 0 Å². The largest absolute Gasteiger partial charge is 0.287 e. The maximum atomic E-state index is 10.6. The predicted octanol–water partition coefficient (Wildman–Crippen LogP) is 2.29. The molecule has 1 aromatic rings. The minimum atomic E-state index is -0.0915. The first-order valence-corrected chi connectivity index (χ1v) is 4.67. The zero-order valence-corrected chi connectivity index (χ0v) is 8.80. The lowest BCUT2D eigenvalue weighted by molar-refractivity contribution is -0.110. The molecule has 58 valence electrons. The van der Waals surface area contributed by atoms with Gasteiger partial charge in [-0.15, -0.1) is 12.6 Å². The highest BCUT2D eigenvalue weighted by Gasteiger charge is 1.96. The van der Waals surface area contributed by atoms with Gasteiger partial charge in [0.05, 0.1) is 0 Å². The van der Waals surface area contributed by atoms with Gasteiger partial charge in [0.25, 0.3) is 0 Å². The van der Waals surface area contributed by atoms with Crippen LogP contribution in [0.1, 0.15) is 5.56 Å². The van der Waals surface area contributed by atoms with E-state index in [4.69, 9.17) is 0 Å². The Kier molecular flexibility index (Phi) is 3.39. The minimum Gasteiger partial charge on any atom is -0.287 e. The van der Waals surface area contributed by atoms with Crippen molar-refractivity contribution >= 4 is 40.3 Å². The first-order chi connectivity index (χ1) is 5.18. The van der Waals surface area contributed by atoms with E-state index in [9.17, 15) is 4.79 Å². The van der Waals surface area contributed by atoms with Gasteiger partial charge in [0.15, 0.2) is 5.12 Å². The predicted molar refractivity (Wildman–Crippen MR) is 56.9 cm³/mol. The van der Waals surface area contributed by atoms with Crippen LogP contribution in [-0.4, -0.2) is 5.12 Å². The van der Waals surface area contributed by atoms with Crippen LogP contribution >= 0.6 is 35.2 Å². The maximum absolute atomic E-state index is 10.6. The molecule has 0 aliphatic heterocycles. The molecule has 11 heavy (non-hydrogen) atoms. The molecule has 0 unspecified atom stereocenters. The second kappa shape index (κ2) is 4.11. The SMILES string of the molecule is O=C(S)Cc1ccc(I)cc1. The number of benzene rings is 1. The number of rotatable bonds is 2. The highest BCUT2D eigenvalue weighted by atomic mass is 127. The van der Waals surface area contributed by atoms with Crippen LogP contribution in [0.25, 0.3) is 0 Å². The molecule has 0 fully saturated rings. The summed E-state index contributed by atoms with van der Waals surface area (Å²) in [7, 11) is 0. The lowest BCUT2D eigenvalue weighted by Gasteiger charge is -1.95. The molecule has 0 saturated heterocycles. The first-order valence-electron chi connectivity index (χ1n) is 3.15. The summed E-state index contributed by atoms with van der Waals surface area (Å²) in [5, 5.41) is -0.0915. The Morgan fingerprint density at radius 3 is 2.36 bits per heavy atom. The molecule has 0 heterocycles. The molecular weight excluding hydrogens is 271 g/mol. The molecule has 0 aromatic heterocycles. The molecule has 0 saturated carbocycles. The van der Waals surface area contributed by atoms with Crippen molar-refractivity contribution in [3.63, 3.8) is 0 Å². The molecule has 0 amide bonds. The van der Waals surface area contributed by atoms with Crippen molar-refractivity contribution in [2.75, 3.05) is 0 Å². The van der Waals surface area contributed by atoms with Crippen LogP contribution in [0.2, 0.25) is 0 Å². The van der Waals surface area contributed by atoms with E-state index in [1.807, 2.05) is 24.3 Å². The molecule has 0 radical (unpaired) electrons. The Bertz CT molecular complexity index is 255. The molecule has 0 aliphatic carbocycles. The lowest BCUT2D eigenvalue weighted by atomic mass is 10.2. The third-order valence-corrected chi connectivity index (χ3v) is 2.15. The van der Waals surface area contributed by atoms with Crippen molar-refractivity contribution in [3.05, 3.63) is 33.4 Å². The van der Waals surface area contributed by atoms with Gasteiger partial charge in [-0.1, -0.05) is 12.1 Å². The number of hydrogen-bond acceptors (Lipinski definition) is 1. The molecule has 1 nitrogen and oxygen atoms in total. The van der Waals surface area contributed by atoms with Crippen LogP contribution in [0, 0.1) is 3.57 Å². The fourth-order valence-corrected chi connectivity index (χ4v) is 1.32. The summed E-state index contributed by atoms with van der Waals surface area (Å²) in [6.45, 7) is 0. The van der Waals surface area contributed by atoms with E-state index in [1.54, 1.807) is 0 Å². The van der Waals surface area contributed by atoms with E-state index in [0.717, 1.165) is 5.56 Å². The van der Waals surface area contributed by atoms with Gasteiger partial charge >= 0.3 is 0 Å². The molecule has 3 heteroatoms. The summed E-state index contributed by atoms with van der Waals surface area (Å²) in [4.78, 5) is 10.6. The summed E-state index contributed by atoms with van der Waals surface area (Å²) >= 11 is 5.92. The average Bonchev–Trinajstić information content (AvgIpc) is 1.93. The van der Waals surface area contributed by atoms with E-state index in [2.05, 4.69) is 35.2 Å².